The molecule has 3 nitrogen and oxygen atoms in total. The molecule has 8 aromatic rings. The second-order valence-corrected chi connectivity index (χ2v) is 34.0. The summed E-state index contributed by atoms with van der Waals surface area (Å²) in [5.74, 6) is 0.837. The lowest BCUT2D eigenvalue weighted by molar-refractivity contribution is 0.331. The quantitative estimate of drug-likeness (QED) is 0.0997. The average Bonchev–Trinajstić information content (AvgIpc) is 0.763. The Morgan fingerprint density at radius 3 is 1.76 bits per heavy atom. The highest BCUT2D eigenvalue weighted by atomic mass is 32.2. The highest BCUT2D eigenvalue weighted by Crippen LogP contribution is 2.57. The van der Waals surface area contributed by atoms with Crippen molar-refractivity contribution in [1.29, 1.82) is 0 Å². The molecule has 0 radical (unpaired) electrons. The highest BCUT2D eigenvalue weighted by molar-refractivity contribution is 8.28. The molecule has 2 aliphatic heterocycles. The molecule has 6 heteroatoms. The van der Waals surface area contributed by atoms with Gasteiger partial charge in [-0.15, -0.1) is 11.3 Å². The van der Waals surface area contributed by atoms with E-state index in [9.17, 15) is 0 Å². The first-order chi connectivity index (χ1) is 41.6. The molecule has 14 rings (SSSR count). The van der Waals surface area contributed by atoms with Gasteiger partial charge >= 0.3 is 0 Å². The van der Waals surface area contributed by atoms with E-state index in [0.29, 0.717) is 11.8 Å². The number of fused-ring (bicyclic) bond motifs is 9. The standard InChI is InChI=1S/C82H92BN3S2/c1-50(2)22-20-23-56(42-53-28-29-53)85(55-32-30-54(31-33-55)51(3)4)58-44-71-75-72(45-58)86(57-34-35-62-63(43-57)78(8,9)37-36-77(62,6)7)70-48-66-65(80(12,13)39-40-81(66,14)15)47-68(70)83(75)88-74-49-67-64(79(10,11)38-41-82(67,16)17)46-61(74)52(5)84(71)69-26-21-25-60-59-24-18-19-27-73(59)87-76(60)69/h18-21,23-28,30-35,42-51H,5,22,29,36-41H2,1-4,6-17H3/b23-20-,56-42+. The summed E-state index contributed by atoms with van der Waals surface area (Å²) in [6, 6.07) is 49.2. The SMILES string of the molecule is C=C1c2cc3c(cc2SB2c4cc5c(cc4N(c4ccc6c(c4)C(C)(C)CCC6(C)C)c4cc(N(C(/C=C\CC(C)C)=C/C6=CC6)c6ccc(C(C)C)cc6)cc(c42)N1c1cccc2c1sc1ccccc12)C(C)(C)CCC5(C)C)C(C)(C)CCC3(C)C. The summed E-state index contributed by atoms with van der Waals surface area (Å²) in [6.07, 6.45) is 18.6. The molecule has 0 unspecified atom stereocenters. The topological polar surface area (TPSA) is 9.72 Å². The fourth-order valence-corrected chi connectivity index (χ4v) is 18.4. The van der Waals surface area contributed by atoms with E-state index in [-0.39, 0.29) is 38.5 Å². The van der Waals surface area contributed by atoms with Gasteiger partial charge in [-0.1, -0.05) is 184 Å². The Hall–Kier alpha value is -6.47. The number of allylic oxidation sites excluding steroid dienone is 5. The summed E-state index contributed by atoms with van der Waals surface area (Å²) in [5, 5.41) is 2.58. The third-order valence-electron chi connectivity index (χ3n) is 21.9. The Kier molecular flexibility index (Phi) is 14.0. The van der Waals surface area contributed by atoms with Crippen LogP contribution in [0.25, 0.3) is 25.9 Å². The molecule has 4 aliphatic carbocycles. The Morgan fingerprint density at radius 1 is 0.568 bits per heavy atom. The molecule has 0 amide bonds. The second-order valence-electron chi connectivity index (χ2n) is 31.8. The number of thiophene rings is 1. The zero-order valence-electron chi connectivity index (χ0n) is 55.6. The molecule has 88 heavy (non-hydrogen) atoms. The molecule has 3 heterocycles. The molecule has 0 N–H and O–H groups in total. The first-order valence-electron chi connectivity index (χ1n) is 33.2. The third-order valence-corrected chi connectivity index (χ3v) is 24.4. The highest BCUT2D eigenvalue weighted by Gasteiger charge is 2.48. The van der Waals surface area contributed by atoms with Crippen LogP contribution in [0.2, 0.25) is 0 Å². The van der Waals surface area contributed by atoms with Crippen LogP contribution in [0, 0.1) is 5.92 Å². The second kappa shape index (κ2) is 20.8. The van der Waals surface area contributed by atoms with E-state index in [4.69, 9.17) is 6.58 Å². The first kappa shape index (κ1) is 59.2. The Morgan fingerprint density at radius 2 is 1.14 bits per heavy atom. The van der Waals surface area contributed by atoms with Gasteiger partial charge in [-0.05, 0) is 230 Å². The molecule has 6 aliphatic rings. The van der Waals surface area contributed by atoms with E-state index in [1.54, 1.807) is 0 Å². The van der Waals surface area contributed by atoms with E-state index in [1.165, 1.54) is 127 Å². The zero-order valence-corrected chi connectivity index (χ0v) is 57.2. The van der Waals surface area contributed by atoms with Crippen molar-refractivity contribution in [2.75, 3.05) is 14.7 Å². The number of benzene rings is 7. The third kappa shape index (κ3) is 9.82. The Balaban J connectivity index is 1.17. The fourth-order valence-electron chi connectivity index (χ4n) is 15.8. The minimum absolute atomic E-state index is 0.00245. The predicted molar refractivity (Wildman–Crippen MR) is 387 cm³/mol. The fraction of sp³-hybridized carbons (Fsp3) is 0.390. The van der Waals surface area contributed by atoms with Crippen molar-refractivity contribution < 1.29 is 0 Å². The van der Waals surface area contributed by atoms with E-state index in [1.807, 2.05) is 11.3 Å². The van der Waals surface area contributed by atoms with Crippen LogP contribution in [-0.4, -0.2) is 5.99 Å². The Labute approximate surface area is 536 Å². The van der Waals surface area contributed by atoms with Crippen LogP contribution in [0.5, 0.6) is 0 Å². The molecular formula is C82H92BN3S2. The predicted octanol–water partition coefficient (Wildman–Crippen LogP) is 23.0. The van der Waals surface area contributed by atoms with Crippen LogP contribution in [0.4, 0.5) is 39.8 Å². The molecule has 0 saturated heterocycles. The van der Waals surface area contributed by atoms with Crippen molar-refractivity contribution in [3.8, 4) is 0 Å². The van der Waals surface area contributed by atoms with E-state index >= 15 is 0 Å². The molecule has 0 spiro atoms. The first-order valence-corrected chi connectivity index (χ1v) is 34.9. The molecule has 0 bridgehead atoms. The van der Waals surface area contributed by atoms with Gasteiger partial charge in [-0.3, -0.25) is 0 Å². The molecule has 450 valence electrons. The van der Waals surface area contributed by atoms with Gasteiger partial charge in [-0.2, -0.15) is 11.6 Å². The number of anilines is 7. The van der Waals surface area contributed by atoms with Crippen LogP contribution in [0.3, 0.4) is 0 Å². The lowest BCUT2D eigenvalue weighted by Crippen LogP contribution is -2.51. The van der Waals surface area contributed by atoms with E-state index in [0.717, 1.165) is 62.0 Å². The van der Waals surface area contributed by atoms with Crippen molar-refractivity contribution in [3.05, 3.63) is 208 Å². The lowest BCUT2D eigenvalue weighted by Gasteiger charge is -2.47. The number of rotatable bonds is 10. The summed E-state index contributed by atoms with van der Waals surface area (Å²) in [5.41, 5.74) is 26.1. The molecule has 1 aromatic heterocycles. The number of hydrogen-bond acceptors (Lipinski definition) is 5. The van der Waals surface area contributed by atoms with Crippen LogP contribution >= 0.6 is 22.9 Å². The van der Waals surface area contributed by atoms with Gasteiger partial charge in [0, 0.05) is 65.8 Å². The zero-order chi connectivity index (χ0) is 61.9. The van der Waals surface area contributed by atoms with Crippen molar-refractivity contribution in [3.63, 3.8) is 0 Å². The molecule has 0 saturated carbocycles. The van der Waals surface area contributed by atoms with Crippen molar-refractivity contribution in [2.24, 2.45) is 5.92 Å². The summed E-state index contributed by atoms with van der Waals surface area (Å²) in [7, 11) is 0. The minimum Gasteiger partial charge on any atom is -0.311 e. The van der Waals surface area contributed by atoms with Gasteiger partial charge in [0.05, 0.1) is 16.1 Å². The lowest BCUT2D eigenvalue weighted by atomic mass is 9.54. The number of hydrogen-bond donors (Lipinski definition) is 0. The molecular weight excluding hydrogens is 1100 g/mol. The summed E-state index contributed by atoms with van der Waals surface area (Å²) < 4.78 is 2.58. The van der Waals surface area contributed by atoms with Crippen molar-refractivity contribution >= 4 is 106 Å². The molecule has 0 fully saturated rings. The normalized spacial score (nSPS) is 19.8. The summed E-state index contributed by atoms with van der Waals surface area (Å²) in [4.78, 5) is 9.33. The van der Waals surface area contributed by atoms with Crippen molar-refractivity contribution in [2.45, 2.75) is 205 Å². The smallest absolute Gasteiger partial charge is 0.287 e. The Bertz CT molecular complexity index is 4300. The van der Waals surface area contributed by atoms with Crippen LogP contribution < -0.4 is 25.6 Å². The molecule has 0 atom stereocenters. The van der Waals surface area contributed by atoms with E-state index in [2.05, 4.69) is 283 Å². The van der Waals surface area contributed by atoms with Crippen LogP contribution in [0.1, 0.15) is 213 Å². The maximum atomic E-state index is 5.46. The number of nitrogens with zero attached hydrogens (tertiary/aromatic N) is 3. The maximum absolute atomic E-state index is 5.46. The van der Waals surface area contributed by atoms with E-state index < -0.39 is 0 Å². The van der Waals surface area contributed by atoms with Gasteiger partial charge in [-0.25, -0.2) is 0 Å². The molecule has 7 aromatic carbocycles. The van der Waals surface area contributed by atoms with Gasteiger partial charge in [0.15, 0.2) is 0 Å². The average molecular weight is 1190 g/mol. The largest absolute Gasteiger partial charge is 0.311 e. The van der Waals surface area contributed by atoms with Gasteiger partial charge in [0.25, 0.3) is 5.99 Å². The van der Waals surface area contributed by atoms with Crippen LogP contribution in [0.15, 0.2) is 168 Å². The van der Waals surface area contributed by atoms with Gasteiger partial charge < -0.3 is 14.7 Å². The summed E-state index contributed by atoms with van der Waals surface area (Å²) >= 11 is 4.01. The summed E-state index contributed by atoms with van der Waals surface area (Å²) in [6.45, 7) is 44.7. The van der Waals surface area contributed by atoms with Gasteiger partial charge in [0.2, 0.25) is 0 Å². The van der Waals surface area contributed by atoms with Crippen LogP contribution in [-0.2, 0) is 32.5 Å². The monoisotopic (exact) mass is 1190 g/mol. The van der Waals surface area contributed by atoms with Gasteiger partial charge in [0.1, 0.15) is 0 Å². The minimum atomic E-state index is -0.0884. The maximum Gasteiger partial charge on any atom is 0.287 e. The van der Waals surface area contributed by atoms with Crippen molar-refractivity contribution in [1.82, 2.24) is 0 Å².